The first-order valence-electron chi connectivity index (χ1n) is 10.4. The number of nitrogens with one attached hydrogen (secondary N) is 1. The molecule has 1 saturated heterocycles. The van der Waals surface area contributed by atoms with Gasteiger partial charge in [-0.25, -0.2) is 0 Å². The standard InChI is InChI=1S/C24H23N5O2/c30-24(16-18-17-25-21-9-5-4-8-20(18)21)29-14-12-28(13-15-29)22-10-11-23(27-26-22)31-19-6-2-1-3-7-19/h1-11,17,25H,12-16H2. The molecule has 0 saturated carbocycles. The minimum atomic E-state index is 0.155. The van der Waals surface area contributed by atoms with E-state index in [0.717, 1.165) is 41.1 Å². The van der Waals surface area contributed by atoms with E-state index < -0.39 is 0 Å². The van der Waals surface area contributed by atoms with E-state index >= 15 is 0 Å². The number of ether oxygens (including phenoxy) is 1. The minimum Gasteiger partial charge on any atom is -0.438 e. The number of rotatable bonds is 5. The molecule has 156 valence electrons. The van der Waals surface area contributed by atoms with Gasteiger partial charge in [0.25, 0.3) is 0 Å². The molecule has 7 heteroatoms. The highest BCUT2D eigenvalue weighted by atomic mass is 16.5. The van der Waals surface area contributed by atoms with Crippen molar-refractivity contribution in [2.75, 3.05) is 31.1 Å². The number of hydrogen-bond donors (Lipinski definition) is 1. The second-order valence-corrected chi connectivity index (χ2v) is 7.55. The van der Waals surface area contributed by atoms with Crippen LogP contribution in [0.1, 0.15) is 5.56 Å². The molecule has 0 radical (unpaired) electrons. The Bertz CT molecular complexity index is 1170. The second kappa shape index (κ2) is 8.47. The van der Waals surface area contributed by atoms with Crippen molar-refractivity contribution in [2.24, 2.45) is 0 Å². The van der Waals surface area contributed by atoms with Gasteiger partial charge in [0.1, 0.15) is 5.75 Å². The zero-order valence-corrected chi connectivity index (χ0v) is 17.1. The maximum absolute atomic E-state index is 12.8. The van der Waals surface area contributed by atoms with Crippen molar-refractivity contribution >= 4 is 22.6 Å². The second-order valence-electron chi connectivity index (χ2n) is 7.55. The van der Waals surface area contributed by atoms with Crippen molar-refractivity contribution in [3.05, 3.63) is 78.5 Å². The summed E-state index contributed by atoms with van der Waals surface area (Å²) in [6, 6.07) is 21.3. The molecule has 1 fully saturated rings. The lowest BCUT2D eigenvalue weighted by molar-refractivity contribution is -0.130. The van der Waals surface area contributed by atoms with E-state index in [9.17, 15) is 4.79 Å². The molecule has 2 aromatic heterocycles. The Balaban J connectivity index is 1.17. The fraction of sp³-hybridized carbons (Fsp3) is 0.208. The number of nitrogens with zero attached hydrogens (tertiary/aromatic N) is 4. The van der Waals surface area contributed by atoms with Crippen molar-refractivity contribution in [2.45, 2.75) is 6.42 Å². The van der Waals surface area contributed by atoms with Gasteiger partial charge >= 0.3 is 0 Å². The van der Waals surface area contributed by atoms with Crippen LogP contribution in [0.15, 0.2) is 72.9 Å². The van der Waals surface area contributed by atoms with Crippen molar-refractivity contribution in [1.82, 2.24) is 20.1 Å². The van der Waals surface area contributed by atoms with Crippen LogP contribution in [0.4, 0.5) is 5.82 Å². The lowest BCUT2D eigenvalue weighted by Gasteiger charge is -2.35. The van der Waals surface area contributed by atoms with Crippen LogP contribution in [-0.2, 0) is 11.2 Å². The number of fused-ring (bicyclic) bond motifs is 1. The number of benzene rings is 2. The van der Waals surface area contributed by atoms with Crippen LogP contribution < -0.4 is 9.64 Å². The van der Waals surface area contributed by atoms with Gasteiger partial charge in [0.15, 0.2) is 5.82 Å². The van der Waals surface area contributed by atoms with Crippen LogP contribution in [0.25, 0.3) is 10.9 Å². The highest BCUT2D eigenvalue weighted by Gasteiger charge is 2.23. The Hall–Kier alpha value is -3.87. The normalized spacial score (nSPS) is 14.1. The fourth-order valence-corrected chi connectivity index (χ4v) is 3.88. The number of anilines is 1. The Morgan fingerprint density at radius 1 is 0.903 bits per heavy atom. The number of carbonyl (C=O) groups is 1. The van der Waals surface area contributed by atoms with E-state index in [4.69, 9.17) is 4.74 Å². The molecule has 1 aliphatic rings. The molecular weight excluding hydrogens is 390 g/mol. The van der Waals surface area contributed by atoms with Gasteiger partial charge in [0.2, 0.25) is 11.8 Å². The summed E-state index contributed by atoms with van der Waals surface area (Å²) >= 11 is 0. The number of aromatic nitrogens is 3. The molecule has 1 aliphatic heterocycles. The van der Waals surface area contributed by atoms with Crippen molar-refractivity contribution < 1.29 is 9.53 Å². The first-order valence-corrected chi connectivity index (χ1v) is 10.4. The number of H-pyrrole nitrogens is 1. The lowest BCUT2D eigenvalue weighted by atomic mass is 10.1. The van der Waals surface area contributed by atoms with Crippen molar-refractivity contribution in [3.63, 3.8) is 0 Å². The summed E-state index contributed by atoms with van der Waals surface area (Å²) in [6.07, 6.45) is 2.35. The summed E-state index contributed by atoms with van der Waals surface area (Å²) < 4.78 is 5.70. The Kier molecular flexibility index (Phi) is 5.22. The summed E-state index contributed by atoms with van der Waals surface area (Å²) in [4.78, 5) is 20.1. The number of piperazine rings is 1. The first kappa shape index (κ1) is 19.1. The van der Waals surface area contributed by atoms with Gasteiger partial charge in [-0.3, -0.25) is 4.79 Å². The summed E-state index contributed by atoms with van der Waals surface area (Å²) in [5.41, 5.74) is 2.11. The molecule has 0 unspecified atom stereocenters. The molecule has 0 spiro atoms. The van der Waals surface area contributed by atoms with Crippen LogP contribution in [-0.4, -0.2) is 52.2 Å². The van der Waals surface area contributed by atoms with Gasteiger partial charge in [-0.1, -0.05) is 36.4 Å². The molecule has 31 heavy (non-hydrogen) atoms. The van der Waals surface area contributed by atoms with Crippen molar-refractivity contribution in [3.8, 4) is 11.6 Å². The third-order valence-electron chi connectivity index (χ3n) is 5.56. The topological polar surface area (TPSA) is 74.4 Å². The maximum Gasteiger partial charge on any atom is 0.238 e. The van der Waals surface area contributed by atoms with Gasteiger partial charge in [0, 0.05) is 49.3 Å². The van der Waals surface area contributed by atoms with Crippen LogP contribution >= 0.6 is 0 Å². The minimum absolute atomic E-state index is 0.155. The summed E-state index contributed by atoms with van der Waals surface area (Å²) in [5, 5.41) is 9.60. The summed E-state index contributed by atoms with van der Waals surface area (Å²) in [6.45, 7) is 2.80. The Labute approximate surface area is 180 Å². The number of aromatic amines is 1. The molecule has 4 aromatic rings. The van der Waals surface area contributed by atoms with E-state index in [1.165, 1.54) is 0 Å². The van der Waals surface area contributed by atoms with E-state index in [-0.39, 0.29) is 5.91 Å². The van der Waals surface area contributed by atoms with Gasteiger partial charge in [-0.05, 0) is 29.8 Å². The fourth-order valence-electron chi connectivity index (χ4n) is 3.88. The van der Waals surface area contributed by atoms with Crippen LogP contribution in [0.2, 0.25) is 0 Å². The maximum atomic E-state index is 12.8. The third-order valence-corrected chi connectivity index (χ3v) is 5.56. The highest BCUT2D eigenvalue weighted by Crippen LogP contribution is 2.22. The van der Waals surface area contributed by atoms with Crippen LogP contribution in [0.3, 0.4) is 0 Å². The summed E-state index contributed by atoms with van der Waals surface area (Å²) in [5.74, 6) is 2.14. The SMILES string of the molecule is O=C(Cc1c[nH]c2ccccc12)N1CCN(c2ccc(Oc3ccccc3)nn2)CC1. The molecule has 7 nitrogen and oxygen atoms in total. The predicted molar refractivity (Wildman–Crippen MR) is 119 cm³/mol. The monoisotopic (exact) mass is 413 g/mol. The van der Waals surface area contributed by atoms with Crippen LogP contribution in [0.5, 0.6) is 11.6 Å². The number of amides is 1. The smallest absolute Gasteiger partial charge is 0.238 e. The van der Waals surface area contributed by atoms with Gasteiger partial charge in [-0.15, -0.1) is 10.2 Å². The van der Waals surface area contributed by atoms with E-state index in [2.05, 4.69) is 26.1 Å². The van der Waals surface area contributed by atoms with Gasteiger partial charge < -0.3 is 19.5 Å². The number of hydrogen-bond acceptors (Lipinski definition) is 5. The zero-order chi connectivity index (χ0) is 21.0. The predicted octanol–water partition coefficient (Wildman–Crippen LogP) is 3.64. The zero-order valence-electron chi connectivity index (χ0n) is 17.1. The van der Waals surface area contributed by atoms with E-state index in [1.807, 2.05) is 71.8 Å². The Morgan fingerprint density at radius 2 is 1.68 bits per heavy atom. The van der Waals surface area contributed by atoms with Crippen LogP contribution in [0, 0.1) is 0 Å². The molecule has 3 heterocycles. The molecule has 1 N–H and O–H groups in total. The molecule has 1 amide bonds. The van der Waals surface area contributed by atoms with Crippen molar-refractivity contribution in [1.29, 1.82) is 0 Å². The average Bonchev–Trinajstić information content (AvgIpc) is 3.23. The Morgan fingerprint density at radius 3 is 2.45 bits per heavy atom. The number of para-hydroxylation sites is 2. The summed E-state index contributed by atoms with van der Waals surface area (Å²) in [7, 11) is 0. The quantitative estimate of drug-likeness (QED) is 0.541. The highest BCUT2D eigenvalue weighted by molar-refractivity contribution is 5.89. The van der Waals surface area contributed by atoms with Gasteiger partial charge in [-0.2, -0.15) is 0 Å². The largest absolute Gasteiger partial charge is 0.438 e. The van der Waals surface area contributed by atoms with E-state index in [1.54, 1.807) is 0 Å². The molecule has 2 aromatic carbocycles. The molecule has 5 rings (SSSR count). The lowest BCUT2D eigenvalue weighted by Crippen LogP contribution is -2.49. The number of carbonyl (C=O) groups excluding carboxylic acids is 1. The first-order chi connectivity index (χ1) is 15.3. The molecule has 0 bridgehead atoms. The molecular formula is C24H23N5O2. The van der Waals surface area contributed by atoms with Gasteiger partial charge in [0.05, 0.1) is 6.42 Å². The molecule has 0 aliphatic carbocycles. The van der Waals surface area contributed by atoms with E-state index in [0.29, 0.717) is 25.4 Å². The third kappa shape index (κ3) is 4.21. The molecule has 0 atom stereocenters. The average molecular weight is 413 g/mol.